The molecule has 0 saturated heterocycles. The molecule has 0 aliphatic rings. The number of aromatic nitrogens is 2. The van der Waals surface area contributed by atoms with E-state index < -0.39 is 11.6 Å². The minimum atomic E-state index is -4.69. The van der Waals surface area contributed by atoms with Gasteiger partial charge in [-0.2, -0.15) is 9.36 Å². The van der Waals surface area contributed by atoms with Crippen molar-refractivity contribution in [2.75, 3.05) is 0 Å². The number of hydrogen-bond acceptors (Lipinski definition) is 4. The van der Waals surface area contributed by atoms with E-state index in [1.165, 1.54) is 0 Å². The third-order valence-corrected chi connectivity index (χ3v) is 1.75. The van der Waals surface area contributed by atoms with Crippen LogP contribution in [0.2, 0.25) is 0 Å². The van der Waals surface area contributed by atoms with Gasteiger partial charge in [-0.15, -0.1) is 13.2 Å². The number of hydrogen-bond donors (Lipinski definition) is 0. The third-order valence-electron chi connectivity index (χ3n) is 1.14. The molecule has 0 saturated carbocycles. The quantitative estimate of drug-likeness (QED) is 0.755. The predicted molar refractivity (Wildman–Crippen MR) is 40.7 cm³/mol. The van der Waals surface area contributed by atoms with Crippen molar-refractivity contribution >= 4 is 11.5 Å². The van der Waals surface area contributed by atoms with Gasteiger partial charge in [-0.05, 0) is 0 Å². The van der Waals surface area contributed by atoms with E-state index in [9.17, 15) is 13.2 Å². The normalized spacial score (nSPS) is 12.2. The van der Waals surface area contributed by atoms with E-state index in [1.807, 2.05) is 0 Å². The van der Waals surface area contributed by atoms with E-state index in [0.29, 0.717) is 17.4 Å². The average molecular weight is 212 g/mol. The zero-order valence-corrected chi connectivity index (χ0v) is 7.74. The van der Waals surface area contributed by atoms with Crippen LogP contribution in [0.5, 0.6) is 5.19 Å². The summed E-state index contributed by atoms with van der Waals surface area (Å²) in [6, 6.07) is 0. The van der Waals surface area contributed by atoms with Crippen molar-refractivity contribution in [3.05, 3.63) is 5.82 Å². The molecular formula is C6H7F3N2OS. The van der Waals surface area contributed by atoms with Crippen LogP contribution in [0.3, 0.4) is 0 Å². The molecule has 0 spiro atoms. The second kappa shape index (κ2) is 3.49. The molecular weight excluding hydrogens is 205 g/mol. The molecule has 7 heteroatoms. The lowest BCUT2D eigenvalue weighted by Crippen LogP contribution is -2.17. The van der Waals surface area contributed by atoms with Crippen LogP contribution >= 0.6 is 11.5 Å². The van der Waals surface area contributed by atoms with E-state index in [2.05, 4.69) is 14.1 Å². The van der Waals surface area contributed by atoms with Gasteiger partial charge in [0.25, 0.3) is 5.19 Å². The molecule has 3 nitrogen and oxygen atoms in total. The fourth-order valence-electron chi connectivity index (χ4n) is 0.595. The standard InChI is InChI=1S/C6H7F3N2OS/c1-3(2)4-10-5(13-11-4)12-6(7,8)9/h3H,1-2H3. The van der Waals surface area contributed by atoms with Crippen LogP contribution in [0.15, 0.2) is 0 Å². The Morgan fingerprint density at radius 1 is 1.38 bits per heavy atom. The summed E-state index contributed by atoms with van der Waals surface area (Å²) in [4.78, 5) is 3.56. The number of ether oxygens (including phenoxy) is 1. The maximum Gasteiger partial charge on any atom is 0.574 e. The molecule has 13 heavy (non-hydrogen) atoms. The Kier molecular flexibility index (Phi) is 2.74. The summed E-state index contributed by atoms with van der Waals surface area (Å²) in [6.45, 7) is 3.58. The summed E-state index contributed by atoms with van der Waals surface area (Å²) < 4.78 is 42.3. The Morgan fingerprint density at radius 2 is 2.00 bits per heavy atom. The smallest absolute Gasteiger partial charge is 0.377 e. The zero-order valence-electron chi connectivity index (χ0n) is 6.92. The van der Waals surface area contributed by atoms with Gasteiger partial charge >= 0.3 is 6.36 Å². The molecule has 74 valence electrons. The van der Waals surface area contributed by atoms with Gasteiger partial charge < -0.3 is 4.74 Å². The molecule has 0 fully saturated rings. The van der Waals surface area contributed by atoms with Crippen LogP contribution in [0.1, 0.15) is 25.6 Å². The fourth-order valence-corrected chi connectivity index (χ4v) is 1.28. The number of nitrogens with zero attached hydrogens (tertiary/aromatic N) is 2. The number of halogens is 3. The Hall–Kier alpha value is -0.850. The van der Waals surface area contributed by atoms with Gasteiger partial charge in [0.05, 0.1) is 0 Å². The van der Waals surface area contributed by atoms with Crippen molar-refractivity contribution in [1.82, 2.24) is 9.36 Å². The van der Waals surface area contributed by atoms with Crippen molar-refractivity contribution in [1.29, 1.82) is 0 Å². The van der Waals surface area contributed by atoms with Gasteiger partial charge in [-0.3, -0.25) is 0 Å². The van der Waals surface area contributed by atoms with E-state index in [4.69, 9.17) is 0 Å². The molecule has 0 amide bonds. The van der Waals surface area contributed by atoms with Crippen LogP contribution in [0.25, 0.3) is 0 Å². The summed E-state index contributed by atoms with van der Waals surface area (Å²) in [5, 5.41) is -0.462. The molecule has 0 bridgehead atoms. The monoisotopic (exact) mass is 212 g/mol. The molecule has 0 N–H and O–H groups in total. The highest BCUT2D eigenvalue weighted by Crippen LogP contribution is 2.25. The van der Waals surface area contributed by atoms with E-state index in [-0.39, 0.29) is 5.92 Å². The lowest BCUT2D eigenvalue weighted by atomic mass is 10.2. The molecule has 1 aromatic heterocycles. The summed E-state index contributed by atoms with van der Waals surface area (Å²) in [6.07, 6.45) is -4.69. The van der Waals surface area contributed by atoms with Gasteiger partial charge in [-0.25, -0.2) is 0 Å². The largest absolute Gasteiger partial charge is 0.574 e. The predicted octanol–water partition coefficient (Wildman–Crippen LogP) is 2.56. The summed E-state index contributed by atoms with van der Waals surface area (Å²) in [7, 11) is 0. The summed E-state index contributed by atoms with van der Waals surface area (Å²) in [5.41, 5.74) is 0. The molecule has 0 unspecified atom stereocenters. The number of rotatable bonds is 2. The van der Waals surface area contributed by atoms with Gasteiger partial charge in [0.1, 0.15) is 5.82 Å². The van der Waals surface area contributed by atoms with Gasteiger partial charge in [-0.1, -0.05) is 13.8 Å². The number of alkyl halides is 3. The molecule has 1 aromatic rings. The second-order valence-corrected chi connectivity index (χ2v) is 3.34. The van der Waals surface area contributed by atoms with E-state index in [0.717, 1.165) is 0 Å². The van der Waals surface area contributed by atoms with Crippen LogP contribution in [0, 0.1) is 0 Å². The Labute approximate surface area is 76.7 Å². The Balaban J connectivity index is 2.70. The summed E-state index contributed by atoms with van der Waals surface area (Å²) >= 11 is 0.601. The lowest BCUT2D eigenvalue weighted by molar-refractivity contribution is -0.274. The summed E-state index contributed by atoms with van der Waals surface area (Å²) in [5.74, 6) is 0.367. The lowest BCUT2D eigenvalue weighted by Gasteiger charge is -2.03. The average Bonchev–Trinajstić information content (AvgIpc) is 2.31. The molecule has 1 rings (SSSR count). The van der Waals surface area contributed by atoms with Crippen LogP contribution in [-0.2, 0) is 0 Å². The molecule has 0 atom stereocenters. The Morgan fingerprint density at radius 3 is 2.38 bits per heavy atom. The van der Waals surface area contributed by atoms with Gasteiger partial charge in [0, 0.05) is 17.5 Å². The molecule has 0 aromatic carbocycles. The first kappa shape index (κ1) is 10.2. The van der Waals surface area contributed by atoms with Crippen LogP contribution in [-0.4, -0.2) is 15.7 Å². The van der Waals surface area contributed by atoms with E-state index in [1.54, 1.807) is 13.8 Å². The SMILES string of the molecule is CC(C)c1nsc(OC(F)(F)F)n1. The van der Waals surface area contributed by atoms with Crippen LogP contribution < -0.4 is 4.74 Å². The zero-order chi connectivity index (χ0) is 10.1. The first-order chi connectivity index (χ1) is 5.88. The molecule has 0 aliphatic carbocycles. The maximum absolute atomic E-state index is 11.7. The molecule has 0 aliphatic heterocycles. The van der Waals surface area contributed by atoms with E-state index >= 15 is 0 Å². The second-order valence-electron chi connectivity index (χ2n) is 2.62. The van der Waals surface area contributed by atoms with Crippen molar-refractivity contribution in [2.45, 2.75) is 26.1 Å². The minimum absolute atomic E-state index is 0.00170. The third kappa shape index (κ3) is 3.17. The highest BCUT2D eigenvalue weighted by Gasteiger charge is 2.33. The minimum Gasteiger partial charge on any atom is -0.377 e. The van der Waals surface area contributed by atoms with Gasteiger partial charge in [0.2, 0.25) is 0 Å². The van der Waals surface area contributed by atoms with Crippen molar-refractivity contribution in [3.8, 4) is 5.19 Å². The fraction of sp³-hybridized carbons (Fsp3) is 0.667. The first-order valence-electron chi connectivity index (χ1n) is 3.48. The van der Waals surface area contributed by atoms with Crippen LogP contribution in [0.4, 0.5) is 13.2 Å². The van der Waals surface area contributed by atoms with Crippen molar-refractivity contribution in [2.24, 2.45) is 0 Å². The molecule has 0 radical (unpaired) electrons. The van der Waals surface area contributed by atoms with Crippen molar-refractivity contribution in [3.63, 3.8) is 0 Å². The van der Waals surface area contributed by atoms with Crippen molar-refractivity contribution < 1.29 is 17.9 Å². The first-order valence-corrected chi connectivity index (χ1v) is 4.25. The Bertz CT molecular complexity index is 284. The highest BCUT2D eigenvalue weighted by molar-refractivity contribution is 7.07. The topological polar surface area (TPSA) is 35.0 Å². The molecule has 1 heterocycles. The van der Waals surface area contributed by atoms with Gasteiger partial charge in [0.15, 0.2) is 0 Å². The maximum atomic E-state index is 11.7. The highest BCUT2D eigenvalue weighted by atomic mass is 32.1.